The highest BCUT2D eigenvalue weighted by molar-refractivity contribution is 5.92. The number of methoxy groups -OCH3 is 2. The van der Waals surface area contributed by atoms with E-state index in [0.717, 1.165) is 25.9 Å². The van der Waals surface area contributed by atoms with Gasteiger partial charge in [-0.2, -0.15) is 0 Å². The van der Waals surface area contributed by atoms with Crippen molar-refractivity contribution in [2.24, 2.45) is 0 Å². The molecule has 1 fully saturated rings. The molecule has 1 amide bonds. The monoisotopic (exact) mass is 342 g/mol. The minimum Gasteiger partial charge on any atom is -0.497 e. The number of hydrogen-bond donors (Lipinski definition) is 1. The fourth-order valence-electron chi connectivity index (χ4n) is 2.82. The van der Waals surface area contributed by atoms with Gasteiger partial charge in [-0.05, 0) is 37.5 Å². The minimum absolute atomic E-state index is 0.0492. The topological polar surface area (TPSA) is 76.6 Å². The second kappa shape index (κ2) is 7.83. The van der Waals surface area contributed by atoms with Crippen LogP contribution in [-0.2, 0) is 0 Å². The van der Waals surface area contributed by atoms with E-state index in [4.69, 9.17) is 9.47 Å². The molecule has 2 heterocycles. The molecule has 1 aliphatic heterocycles. The van der Waals surface area contributed by atoms with Crippen molar-refractivity contribution in [1.82, 2.24) is 14.9 Å². The number of carbonyl (C=O) groups excluding carboxylic acids is 1. The number of benzene rings is 1. The summed E-state index contributed by atoms with van der Waals surface area (Å²) in [4.78, 5) is 23.0. The quantitative estimate of drug-likeness (QED) is 0.900. The molecule has 0 unspecified atom stereocenters. The van der Waals surface area contributed by atoms with Crippen LogP contribution in [0.4, 0.5) is 11.6 Å². The van der Waals surface area contributed by atoms with E-state index in [1.165, 1.54) is 6.42 Å². The molecule has 2 aromatic rings. The fourth-order valence-corrected chi connectivity index (χ4v) is 2.82. The molecule has 0 aliphatic carbocycles. The fraction of sp³-hybridized carbons (Fsp3) is 0.389. The largest absolute Gasteiger partial charge is 0.497 e. The van der Waals surface area contributed by atoms with Gasteiger partial charge in [0.15, 0.2) is 0 Å². The van der Waals surface area contributed by atoms with Crippen LogP contribution in [0.25, 0.3) is 0 Å². The van der Waals surface area contributed by atoms with Crippen molar-refractivity contribution < 1.29 is 14.3 Å². The molecule has 132 valence electrons. The van der Waals surface area contributed by atoms with Gasteiger partial charge in [-0.15, -0.1) is 0 Å². The highest BCUT2D eigenvalue weighted by atomic mass is 16.5. The first kappa shape index (κ1) is 17.0. The second-order valence-corrected chi connectivity index (χ2v) is 5.81. The molecule has 7 heteroatoms. The van der Waals surface area contributed by atoms with Crippen LogP contribution >= 0.6 is 0 Å². The van der Waals surface area contributed by atoms with Crippen molar-refractivity contribution in [3.63, 3.8) is 0 Å². The minimum atomic E-state index is -0.0492. The maximum Gasteiger partial charge on any atom is 0.272 e. The third-order valence-electron chi connectivity index (χ3n) is 4.17. The van der Waals surface area contributed by atoms with Gasteiger partial charge in [0.25, 0.3) is 5.91 Å². The molecule has 0 atom stereocenters. The van der Waals surface area contributed by atoms with Crippen molar-refractivity contribution in [2.75, 3.05) is 32.6 Å². The third-order valence-corrected chi connectivity index (χ3v) is 4.17. The van der Waals surface area contributed by atoms with Gasteiger partial charge in [0, 0.05) is 25.4 Å². The molecule has 3 rings (SSSR count). The van der Waals surface area contributed by atoms with Gasteiger partial charge in [0.2, 0.25) is 5.95 Å². The molecule has 1 aliphatic rings. The van der Waals surface area contributed by atoms with Crippen LogP contribution in [0.5, 0.6) is 11.5 Å². The molecule has 1 aromatic heterocycles. The smallest absolute Gasteiger partial charge is 0.272 e. The SMILES string of the molecule is COc1ccc(Nc2nccc(C(=O)N3CCCCC3)n2)c(OC)c1. The average molecular weight is 342 g/mol. The Hall–Kier alpha value is -2.83. The lowest BCUT2D eigenvalue weighted by atomic mass is 10.1. The Morgan fingerprint density at radius 1 is 1.12 bits per heavy atom. The number of nitrogens with one attached hydrogen (secondary N) is 1. The Kier molecular flexibility index (Phi) is 5.33. The molecular weight excluding hydrogens is 320 g/mol. The van der Waals surface area contributed by atoms with Crippen LogP contribution in [0.15, 0.2) is 30.5 Å². The van der Waals surface area contributed by atoms with Gasteiger partial charge in [-0.3, -0.25) is 4.79 Å². The molecule has 1 saturated heterocycles. The lowest BCUT2D eigenvalue weighted by Crippen LogP contribution is -2.36. The summed E-state index contributed by atoms with van der Waals surface area (Å²) in [7, 11) is 3.18. The van der Waals surface area contributed by atoms with E-state index in [-0.39, 0.29) is 5.91 Å². The summed E-state index contributed by atoms with van der Waals surface area (Å²) in [6.07, 6.45) is 4.86. The van der Waals surface area contributed by atoms with Crippen molar-refractivity contribution in [3.8, 4) is 11.5 Å². The van der Waals surface area contributed by atoms with Gasteiger partial charge < -0.3 is 19.7 Å². The van der Waals surface area contributed by atoms with E-state index < -0.39 is 0 Å². The zero-order chi connectivity index (χ0) is 17.6. The van der Waals surface area contributed by atoms with Crippen LogP contribution in [-0.4, -0.2) is 48.1 Å². The second-order valence-electron chi connectivity index (χ2n) is 5.81. The summed E-state index contributed by atoms with van der Waals surface area (Å²) >= 11 is 0. The Morgan fingerprint density at radius 2 is 1.92 bits per heavy atom. The highest BCUT2D eigenvalue weighted by Crippen LogP contribution is 2.30. The summed E-state index contributed by atoms with van der Waals surface area (Å²) in [5.41, 5.74) is 1.10. The van der Waals surface area contributed by atoms with Crippen LogP contribution in [0.3, 0.4) is 0 Å². The standard InChI is InChI=1S/C18H22N4O3/c1-24-13-6-7-14(16(12-13)25-2)20-18-19-9-8-15(21-18)17(23)22-10-4-3-5-11-22/h6-9,12H,3-5,10-11H2,1-2H3,(H,19,20,21). The summed E-state index contributed by atoms with van der Waals surface area (Å²) in [5.74, 6) is 1.60. The van der Waals surface area contributed by atoms with Gasteiger partial charge in [-0.25, -0.2) is 9.97 Å². The van der Waals surface area contributed by atoms with Gasteiger partial charge in [0.05, 0.1) is 19.9 Å². The van der Waals surface area contributed by atoms with Crippen molar-refractivity contribution >= 4 is 17.5 Å². The van der Waals surface area contributed by atoms with E-state index in [2.05, 4.69) is 15.3 Å². The lowest BCUT2D eigenvalue weighted by Gasteiger charge is -2.26. The Balaban J connectivity index is 1.79. The number of ether oxygens (including phenoxy) is 2. The number of hydrogen-bond acceptors (Lipinski definition) is 6. The summed E-state index contributed by atoms with van der Waals surface area (Å²) in [6.45, 7) is 1.58. The van der Waals surface area contributed by atoms with E-state index in [9.17, 15) is 4.79 Å². The number of amides is 1. The lowest BCUT2D eigenvalue weighted by molar-refractivity contribution is 0.0718. The molecule has 25 heavy (non-hydrogen) atoms. The number of nitrogens with zero attached hydrogens (tertiary/aromatic N) is 3. The summed E-state index contributed by atoms with van der Waals surface area (Å²) in [5, 5.41) is 3.10. The normalized spacial score (nSPS) is 14.1. The zero-order valence-electron chi connectivity index (χ0n) is 14.5. The van der Waals surface area contributed by atoms with Crippen LogP contribution < -0.4 is 14.8 Å². The van der Waals surface area contributed by atoms with E-state index in [1.54, 1.807) is 32.5 Å². The number of likely N-dealkylation sites (tertiary alicyclic amines) is 1. The van der Waals surface area contributed by atoms with Gasteiger partial charge in [0.1, 0.15) is 17.2 Å². The van der Waals surface area contributed by atoms with E-state index in [1.807, 2.05) is 17.0 Å². The van der Waals surface area contributed by atoms with Gasteiger partial charge >= 0.3 is 0 Å². The number of aromatic nitrogens is 2. The molecule has 1 N–H and O–H groups in total. The van der Waals surface area contributed by atoms with Crippen molar-refractivity contribution in [2.45, 2.75) is 19.3 Å². The Morgan fingerprint density at radius 3 is 2.64 bits per heavy atom. The first-order valence-electron chi connectivity index (χ1n) is 8.32. The first-order chi connectivity index (χ1) is 12.2. The third kappa shape index (κ3) is 3.99. The maximum atomic E-state index is 12.6. The van der Waals surface area contributed by atoms with Crippen molar-refractivity contribution in [1.29, 1.82) is 0 Å². The molecule has 1 aromatic carbocycles. The van der Waals surface area contributed by atoms with Gasteiger partial charge in [-0.1, -0.05) is 0 Å². The van der Waals surface area contributed by atoms with Crippen LogP contribution in [0.2, 0.25) is 0 Å². The summed E-state index contributed by atoms with van der Waals surface area (Å²) in [6, 6.07) is 7.05. The molecule has 0 spiro atoms. The molecule has 7 nitrogen and oxygen atoms in total. The predicted molar refractivity (Wildman–Crippen MR) is 94.6 cm³/mol. The Bertz CT molecular complexity index is 745. The predicted octanol–water partition coefficient (Wildman–Crippen LogP) is 2.86. The summed E-state index contributed by atoms with van der Waals surface area (Å²) < 4.78 is 10.6. The van der Waals surface area contributed by atoms with Crippen LogP contribution in [0.1, 0.15) is 29.8 Å². The molecule has 0 bridgehead atoms. The molecular formula is C18H22N4O3. The van der Waals surface area contributed by atoms with E-state index >= 15 is 0 Å². The average Bonchev–Trinajstić information content (AvgIpc) is 2.68. The maximum absolute atomic E-state index is 12.6. The highest BCUT2D eigenvalue weighted by Gasteiger charge is 2.20. The Labute approximate surface area is 147 Å². The number of rotatable bonds is 5. The number of piperidine rings is 1. The first-order valence-corrected chi connectivity index (χ1v) is 8.32. The number of anilines is 2. The van der Waals surface area contributed by atoms with Crippen molar-refractivity contribution in [3.05, 3.63) is 36.2 Å². The molecule has 0 radical (unpaired) electrons. The zero-order valence-corrected chi connectivity index (χ0v) is 14.5. The van der Waals surface area contributed by atoms with Crippen LogP contribution in [0, 0.1) is 0 Å². The molecule has 0 saturated carbocycles. The number of carbonyl (C=O) groups is 1. The van der Waals surface area contributed by atoms with E-state index in [0.29, 0.717) is 28.8 Å².